The van der Waals surface area contributed by atoms with Crippen LogP contribution < -0.4 is 4.90 Å². The molecule has 2 aliphatic heterocycles. The van der Waals surface area contributed by atoms with Gasteiger partial charge < -0.3 is 4.90 Å². The van der Waals surface area contributed by atoms with Gasteiger partial charge in [0.25, 0.3) is 0 Å². The molecular weight excluding hydrogens is 342 g/mol. The summed E-state index contributed by atoms with van der Waals surface area (Å²) in [6, 6.07) is 15.6. The van der Waals surface area contributed by atoms with Crippen molar-refractivity contribution in [2.24, 2.45) is 0 Å². The Morgan fingerprint density at radius 2 is 1.36 bits per heavy atom. The Balaban J connectivity index is 1.58. The van der Waals surface area contributed by atoms with Crippen LogP contribution in [0.4, 0.5) is 17.1 Å². The van der Waals surface area contributed by atoms with Crippen molar-refractivity contribution >= 4 is 17.1 Å². The number of aromatic nitrogens is 2. The van der Waals surface area contributed by atoms with Gasteiger partial charge in [0.1, 0.15) is 0 Å². The number of nitrogens with zero attached hydrogens (tertiary/aromatic N) is 3. The van der Waals surface area contributed by atoms with Crippen molar-refractivity contribution in [3.8, 4) is 11.1 Å². The van der Waals surface area contributed by atoms with E-state index in [0.717, 1.165) is 19.3 Å². The third-order valence-corrected chi connectivity index (χ3v) is 6.50. The third-order valence-electron chi connectivity index (χ3n) is 6.50. The summed E-state index contributed by atoms with van der Waals surface area (Å²) in [5.41, 5.74) is 15.1. The van der Waals surface area contributed by atoms with E-state index < -0.39 is 0 Å². The van der Waals surface area contributed by atoms with Gasteiger partial charge in [0.15, 0.2) is 0 Å². The summed E-state index contributed by atoms with van der Waals surface area (Å²) in [5, 5.41) is 0. The van der Waals surface area contributed by atoms with Crippen LogP contribution in [0.15, 0.2) is 67.3 Å². The molecule has 2 aromatic heterocycles. The molecule has 4 aromatic rings. The standard InChI is InChI=1S/C25H17N3/c1-2-4-19-15(3-1)10-21-20(19)12-18-9-16-5-7-26-13-23(16)28-24-14-27-8-6-17(24)11-22(21)25(18)28/h1-8,12-14H,9-11H2. The molecule has 7 rings (SSSR count). The largest absolute Gasteiger partial charge is 0.306 e. The summed E-state index contributed by atoms with van der Waals surface area (Å²) in [5.74, 6) is 0. The number of benzene rings is 2. The zero-order valence-corrected chi connectivity index (χ0v) is 15.3. The van der Waals surface area contributed by atoms with Gasteiger partial charge in [-0.1, -0.05) is 24.3 Å². The molecule has 0 radical (unpaired) electrons. The highest BCUT2D eigenvalue weighted by Crippen LogP contribution is 2.54. The summed E-state index contributed by atoms with van der Waals surface area (Å²) in [6.45, 7) is 0. The maximum atomic E-state index is 4.44. The first-order valence-electron chi connectivity index (χ1n) is 9.80. The van der Waals surface area contributed by atoms with E-state index in [1.165, 1.54) is 61.6 Å². The smallest absolute Gasteiger partial charge is 0.0681 e. The monoisotopic (exact) mass is 359 g/mol. The summed E-state index contributed by atoms with van der Waals surface area (Å²) < 4.78 is 0. The van der Waals surface area contributed by atoms with Crippen molar-refractivity contribution in [3.05, 3.63) is 101 Å². The van der Waals surface area contributed by atoms with Crippen molar-refractivity contribution in [3.63, 3.8) is 0 Å². The van der Waals surface area contributed by atoms with Crippen LogP contribution in [0.1, 0.15) is 33.4 Å². The number of pyridine rings is 2. The second kappa shape index (κ2) is 5.08. The Morgan fingerprint density at radius 3 is 2.18 bits per heavy atom. The van der Waals surface area contributed by atoms with E-state index in [0.29, 0.717) is 0 Å². The minimum absolute atomic E-state index is 0.960. The molecule has 0 unspecified atom stereocenters. The number of anilines is 3. The first kappa shape index (κ1) is 14.6. The lowest BCUT2D eigenvalue weighted by Crippen LogP contribution is -2.26. The van der Waals surface area contributed by atoms with Gasteiger partial charge in [-0.25, -0.2) is 0 Å². The molecule has 3 aliphatic rings. The average Bonchev–Trinajstić information content (AvgIpc) is 3.12. The van der Waals surface area contributed by atoms with Crippen LogP contribution in [0, 0.1) is 0 Å². The average molecular weight is 359 g/mol. The normalized spacial score (nSPS) is 14.6. The molecule has 0 N–H and O–H groups in total. The summed E-state index contributed by atoms with van der Waals surface area (Å²) in [4.78, 5) is 11.3. The second-order valence-corrected chi connectivity index (χ2v) is 7.92. The van der Waals surface area contributed by atoms with Crippen LogP contribution in [0.5, 0.6) is 0 Å². The van der Waals surface area contributed by atoms with Crippen LogP contribution in [0.2, 0.25) is 0 Å². The maximum absolute atomic E-state index is 4.44. The number of hydrogen-bond acceptors (Lipinski definition) is 3. The van der Waals surface area contributed by atoms with Gasteiger partial charge in [0.2, 0.25) is 0 Å². The van der Waals surface area contributed by atoms with Gasteiger partial charge in [-0.05, 0) is 69.1 Å². The predicted molar refractivity (Wildman–Crippen MR) is 111 cm³/mol. The van der Waals surface area contributed by atoms with Crippen molar-refractivity contribution < 1.29 is 0 Å². The summed E-state index contributed by atoms with van der Waals surface area (Å²) in [7, 11) is 0. The fourth-order valence-corrected chi connectivity index (χ4v) is 5.30. The molecule has 0 fully saturated rings. The highest BCUT2D eigenvalue weighted by atomic mass is 15.2. The van der Waals surface area contributed by atoms with Gasteiger partial charge in [0.05, 0.1) is 29.5 Å². The van der Waals surface area contributed by atoms with E-state index in [2.05, 4.69) is 57.3 Å². The highest BCUT2D eigenvalue weighted by molar-refractivity contribution is 5.93. The molecule has 0 atom stereocenters. The molecule has 4 heterocycles. The van der Waals surface area contributed by atoms with Crippen LogP contribution in [0.25, 0.3) is 11.1 Å². The molecule has 1 aliphatic carbocycles. The lowest BCUT2D eigenvalue weighted by molar-refractivity contribution is 0.978. The molecular formula is C25H17N3. The molecule has 0 spiro atoms. The van der Waals surface area contributed by atoms with Crippen molar-refractivity contribution in [1.29, 1.82) is 0 Å². The van der Waals surface area contributed by atoms with Crippen molar-refractivity contribution in [2.75, 3.05) is 4.90 Å². The van der Waals surface area contributed by atoms with Crippen molar-refractivity contribution in [1.82, 2.24) is 9.97 Å². The molecule has 0 saturated carbocycles. The Hall–Kier alpha value is -3.46. The molecule has 3 nitrogen and oxygen atoms in total. The summed E-state index contributed by atoms with van der Waals surface area (Å²) in [6.07, 6.45) is 10.8. The van der Waals surface area contributed by atoms with Gasteiger partial charge in [-0.2, -0.15) is 0 Å². The molecule has 3 heteroatoms. The fraction of sp³-hybridized carbons (Fsp3) is 0.120. The molecule has 132 valence electrons. The van der Waals surface area contributed by atoms with Gasteiger partial charge >= 0.3 is 0 Å². The summed E-state index contributed by atoms with van der Waals surface area (Å²) >= 11 is 0. The van der Waals surface area contributed by atoms with Gasteiger partial charge in [-0.3, -0.25) is 9.97 Å². The zero-order chi connectivity index (χ0) is 18.2. The first-order valence-corrected chi connectivity index (χ1v) is 9.80. The number of rotatable bonds is 0. The quantitative estimate of drug-likeness (QED) is 0.367. The van der Waals surface area contributed by atoms with E-state index in [4.69, 9.17) is 0 Å². The number of fused-ring (bicyclic) bond motifs is 8. The zero-order valence-electron chi connectivity index (χ0n) is 15.3. The lowest BCUT2D eigenvalue weighted by atomic mass is 9.83. The third kappa shape index (κ3) is 1.74. The van der Waals surface area contributed by atoms with Crippen LogP contribution >= 0.6 is 0 Å². The first-order chi connectivity index (χ1) is 13.9. The van der Waals surface area contributed by atoms with E-state index >= 15 is 0 Å². The number of hydrogen-bond donors (Lipinski definition) is 0. The van der Waals surface area contributed by atoms with Crippen LogP contribution in [-0.4, -0.2) is 9.97 Å². The Kier molecular flexibility index (Phi) is 2.64. The van der Waals surface area contributed by atoms with Crippen molar-refractivity contribution in [2.45, 2.75) is 19.3 Å². The molecule has 0 bridgehead atoms. The predicted octanol–water partition coefficient (Wildman–Crippen LogP) is 5.33. The van der Waals surface area contributed by atoms with Gasteiger partial charge in [-0.15, -0.1) is 0 Å². The van der Waals surface area contributed by atoms with Gasteiger partial charge in [0, 0.05) is 25.2 Å². The second-order valence-electron chi connectivity index (χ2n) is 7.92. The topological polar surface area (TPSA) is 29.0 Å². The van der Waals surface area contributed by atoms with E-state index in [1.54, 1.807) is 0 Å². The lowest BCUT2D eigenvalue weighted by Gasteiger charge is -2.39. The molecule has 2 aromatic carbocycles. The van der Waals surface area contributed by atoms with E-state index in [-0.39, 0.29) is 0 Å². The molecule has 28 heavy (non-hydrogen) atoms. The minimum atomic E-state index is 0.960. The highest BCUT2D eigenvalue weighted by Gasteiger charge is 2.35. The Morgan fingerprint density at radius 1 is 0.643 bits per heavy atom. The fourth-order valence-electron chi connectivity index (χ4n) is 5.30. The Bertz CT molecular complexity index is 1290. The van der Waals surface area contributed by atoms with E-state index in [1.807, 2.05) is 24.8 Å². The maximum Gasteiger partial charge on any atom is 0.0681 e. The Labute approximate surface area is 163 Å². The van der Waals surface area contributed by atoms with Crippen LogP contribution in [0.3, 0.4) is 0 Å². The van der Waals surface area contributed by atoms with E-state index in [9.17, 15) is 0 Å². The molecule has 0 amide bonds. The molecule has 0 saturated heterocycles. The SMILES string of the molecule is c1ccc2c(c1)Cc1c-2cc2c3c1Cc1ccncc1N3c1cnccc1C2. The van der Waals surface area contributed by atoms with Crippen LogP contribution in [-0.2, 0) is 19.3 Å². The minimum Gasteiger partial charge on any atom is -0.306 e.